The van der Waals surface area contributed by atoms with Crippen LogP contribution in [0.15, 0.2) is 75.0 Å². The Morgan fingerprint density at radius 2 is 2.04 bits per heavy atom. The van der Waals surface area contributed by atoms with Gasteiger partial charge in [-0.05, 0) is 48.9 Å². The van der Waals surface area contributed by atoms with Crippen LogP contribution in [-0.4, -0.2) is 23.2 Å². The zero-order valence-corrected chi connectivity index (χ0v) is 14.3. The minimum atomic E-state index is -0.289. The number of carbonyl (C=O) groups is 1. The van der Waals surface area contributed by atoms with Gasteiger partial charge in [-0.3, -0.25) is 4.79 Å². The van der Waals surface area contributed by atoms with E-state index in [-0.39, 0.29) is 17.7 Å². The van der Waals surface area contributed by atoms with Crippen LogP contribution in [0.3, 0.4) is 0 Å². The maximum Gasteiger partial charge on any atom is 0.310 e. The molecule has 1 aliphatic rings. The summed E-state index contributed by atoms with van der Waals surface area (Å²) in [5.41, 5.74) is 1.67. The molecular formula is C20H18N2O4. The Morgan fingerprint density at radius 3 is 2.77 bits per heavy atom. The van der Waals surface area contributed by atoms with Crippen molar-refractivity contribution in [2.24, 2.45) is 5.10 Å². The molecular weight excluding hydrogens is 332 g/mol. The molecule has 132 valence electrons. The minimum absolute atomic E-state index is 0.250. The number of carbonyl (C=O) groups excluding carboxylic acids is 1. The molecule has 3 aromatic rings. The van der Waals surface area contributed by atoms with E-state index >= 15 is 0 Å². The lowest BCUT2D eigenvalue weighted by molar-refractivity contribution is 0.0678. The van der Waals surface area contributed by atoms with Crippen LogP contribution in [0, 0.1) is 0 Å². The van der Waals surface area contributed by atoms with E-state index in [2.05, 4.69) is 5.10 Å². The molecule has 0 aliphatic carbocycles. The zero-order valence-electron chi connectivity index (χ0n) is 14.3. The van der Waals surface area contributed by atoms with Crippen molar-refractivity contribution in [3.63, 3.8) is 0 Å². The van der Waals surface area contributed by atoms with Crippen LogP contribution >= 0.6 is 0 Å². The summed E-state index contributed by atoms with van der Waals surface area (Å²) in [5.74, 6) is 1.39. The van der Waals surface area contributed by atoms with E-state index in [0.717, 1.165) is 17.0 Å². The molecule has 1 unspecified atom stereocenters. The first kappa shape index (κ1) is 16.2. The molecule has 0 radical (unpaired) electrons. The van der Waals surface area contributed by atoms with Crippen LogP contribution < -0.4 is 4.74 Å². The minimum Gasteiger partial charge on any atom is -0.494 e. The lowest BCUT2D eigenvalue weighted by Crippen LogP contribution is -2.26. The van der Waals surface area contributed by atoms with Crippen molar-refractivity contribution in [3.05, 3.63) is 78.1 Å². The summed E-state index contributed by atoms with van der Waals surface area (Å²) in [5, 5.41) is 5.99. The van der Waals surface area contributed by atoms with Gasteiger partial charge in [0.1, 0.15) is 17.2 Å². The Morgan fingerprint density at radius 1 is 1.19 bits per heavy atom. The molecule has 3 heterocycles. The molecule has 0 saturated carbocycles. The monoisotopic (exact) mass is 350 g/mol. The molecule has 1 aliphatic heterocycles. The summed E-state index contributed by atoms with van der Waals surface area (Å²) in [6.07, 6.45) is 3.63. The largest absolute Gasteiger partial charge is 0.494 e. The molecule has 1 aromatic carbocycles. The van der Waals surface area contributed by atoms with Crippen LogP contribution in [0.1, 0.15) is 41.3 Å². The van der Waals surface area contributed by atoms with E-state index in [1.165, 1.54) is 11.3 Å². The molecule has 26 heavy (non-hydrogen) atoms. The second-order valence-electron chi connectivity index (χ2n) is 5.88. The Labute approximate surface area is 150 Å². The molecule has 0 N–H and O–H groups in total. The maximum absolute atomic E-state index is 12.9. The highest BCUT2D eigenvalue weighted by atomic mass is 16.5. The maximum atomic E-state index is 12.9. The third kappa shape index (κ3) is 3.01. The molecule has 4 rings (SSSR count). The van der Waals surface area contributed by atoms with Gasteiger partial charge in [0.2, 0.25) is 0 Å². The Hall–Kier alpha value is -3.28. The number of benzene rings is 1. The van der Waals surface area contributed by atoms with Crippen molar-refractivity contribution < 1.29 is 18.4 Å². The number of furan rings is 2. The molecule has 0 saturated heterocycles. The van der Waals surface area contributed by atoms with Crippen molar-refractivity contribution in [3.8, 4) is 5.75 Å². The van der Waals surface area contributed by atoms with Gasteiger partial charge in [0, 0.05) is 6.42 Å². The second kappa shape index (κ2) is 6.92. The average Bonchev–Trinajstić information content (AvgIpc) is 3.42. The number of nitrogens with zero attached hydrogens (tertiary/aromatic N) is 2. The number of hydrogen-bond donors (Lipinski definition) is 0. The first-order chi connectivity index (χ1) is 12.8. The molecule has 0 fully saturated rings. The predicted molar refractivity (Wildman–Crippen MR) is 95.1 cm³/mol. The van der Waals surface area contributed by atoms with E-state index in [0.29, 0.717) is 18.8 Å². The number of amides is 1. The fraction of sp³-hybridized carbons (Fsp3) is 0.200. The van der Waals surface area contributed by atoms with Gasteiger partial charge in [-0.1, -0.05) is 12.1 Å². The van der Waals surface area contributed by atoms with E-state index in [9.17, 15) is 4.79 Å². The zero-order chi connectivity index (χ0) is 17.9. The summed E-state index contributed by atoms with van der Waals surface area (Å²) in [6, 6.07) is 14.4. The Balaban J connectivity index is 1.70. The highest BCUT2D eigenvalue weighted by Crippen LogP contribution is 2.35. The number of hydrogen-bond acceptors (Lipinski definition) is 5. The Kier molecular flexibility index (Phi) is 4.31. The van der Waals surface area contributed by atoms with Crippen LogP contribution in [0.5, 0.6) is 5.75 Å². The van der Waals surface area contributed by atoms with Crippen LogP contribution in [0.2, 0.25) is 0 Å². The highest BCUT2D eigenvalue weighted by Gasteiger charge is 2.35. The highest BCUT2D eigenvalue weighted by molar-refractivity contribution is 6.02. The second-order valence-corrected chi connectivity index (χ2v) is 5.88. The van der Waals surface area contributed by atoms with Crippen LogP contribution in [0.25, 0.3) is 0 Å². The van der Waals surface area contributed by atoms with Crippen molar-refractivity contribution in [2.45, 2.75) is 19.4 Å². The summed E-state index contributed by atoms with van der Waals surface area (Å²) in [4.78, 5) is 12.9. The number of rotatable bonds is 5. The van der Waals surface area contributed by atoms with Gasteiger partial charge in [0.05, 0.1) is 25.2 Å². The lowest BCUT2D eigenvalue weighted by Gasteiger charge is -2.21. The Bertz CT molecular complexity index is 913. The predicted octanol–water partition coefficient (Wildman–Crippen LogP) is 4.26. The first-order valence-corrected chi connectivity index (χ1v) is 8.47. The van der Waals surface area contributed by atoms with Gasteiger partial charge in [0.15, 0.2) is 5.76 Å². The standard InChI is InChI=1S/C20H18N2O4/c1-2-24-15-7-3-6-14(12-15)17-13-16(18-8-4-10-25-18)21-22(17)20(23)19-9-5-11-26-19/h3-12,17H,2,13H2,1H3. The van der Waals surface area contributed by atoms with E-state index in [1.807, 2.05) is 37.3 Å². The SMILES string of the molecule is CCOc1cccc(C2CC(c3ccco3)=NN2C(=O)c2ccco2)c1. The molecule has 1 amide bonds. The molecule has 0 spiro atoms. The van der Waals surface area contributed by atoms with E-state index in [1.54, 1.807) is 24.5 Å². The van der Waals surface area contributed by atoms with Gasteiger partial charge >= 0.3 is 5.91 Å². The first-order valence-electron chi connectivity index (χ1n) is 8.47. The van der Waals surface area contributed by atoms with Gasteiger partial charge in [-0.15, -0.1) is 0 Å². The normalized spacial score (nSPS) is 16.6. The van der Waals surface area contributed by atoms with Crippen molar-refractivity contribution in [1.82, 2.24) is 5.01 Å². The fourth-order valence-corrected chi connectivity index (χ4v) is 3.04. The third-order valence-corrected chi connectivity index (χ3v) is 4.21. The molecule has 1 atom stereocenters. The van der Waals surface area contributed by atoms with E-state index < -0.39 is 0 Å². The topological polar surface area (TPSA) is 68.2 Å². The number of ether oxygens (including phenoxy) is 1. The van der Waals surface area contributed by atoms with Crippen LogP contribution in [-0.2, 0) is 0 Å². The number of hydrazone groups is 1. The molecule has 0 bridgehead atoms. The van der Waals surface area contributed by atoms with Gasteiger partial charge in [-0.2, -0.15) is 5.10 Å². The fourth-order valence-electron chi connectivity index (χ4n) is 3.04. The summed E-state index contributed by atoms with van der Waals surface area (Å²) in [7, 11) is 0. The van der Waals surface area contributed by atoms with Crippen molar-refractivity contribution in [2.75, 3.05) is 6.61 Å². The van der Waals surface area contributed by atoms with Crippen molar-refractivity contribution in [1.29, 1.82) is 0 Å². The average molecular weight is 350 g/mol. The molecule has 6 heteroatoms. The van der Waals surface area contributed by atoms with Crippen molar-refractivity contribution >= 4 is 11.6 Å². The summed E-state index contributed by atoms with van der Waals surface area (Å²) >= 11 is 0. The molecule has 2 aromatic heterocycles. The smallest absolute Gasteiger partial charge is 0.310 e. The van der Waals surface area contributed by atoms with Crippen LogP contribution in [0.4, 0.5) is 0 Å². The quantitative estimate of drug-likeness (QED) is 0.689. The third-order valence-electron chi connectivity index (χ3n) is 4.21. The lowest BCUT2D eigenvalue weighted by atomic mass is 10.0. The van der Waals surface area contributed by atoms with Gasteiger partial charge < -0.3 is 13.6 Å². The molecule has 6 nitrogen and oxygen atoms in total. The summed E-state index contributed by atoms with van der Waals surface area (Å²) < 4.78 is 16.3. The summed E-state index contributed by atoms with van der Waals surface area (Å²) in [6.45, 7) is 2.52. The van der Waals surface area contributed by atoms with Gasteiger partial charge in [0.25, 0.3) is 0 Å². The van der Waals surface area contributed by atoms with Gasteiger partial charge in [-0.25, -0.2) is 5.01 Å². The van der Waals surface area contributed by atoms with E-state index in [4.69, 9.17) is 13.6 Å².